The minimum absolute atomic E-state index is 0.109. The van der Waals surface area contributed by atoms with Crippen LogP contribution in [0.3, 0.4) is 0 Å². The van der Waals surface area contributed by atoms with E-state index in [1.54, 1.807) is 0 Å². The normalized spacial score (nSPS) is 31.5. The van der Waals surface area contributed by atoms with E-state index in [1.165, 1.54) is 4.90 Å². The summed E-state index contributed by atoms with van der Waals surface area (Å²) >= 11 is 0. The highest BCUT2D eigenvalue weighted by Crippen LogP contribution is 2.47. The molecule has 2 fully saturated rings. The first kappa shape index (κ1) is 11.3. The minimum Gasteiger partial charge on any atom is -0.480 e. The highest BCUT2D eigenvalue weighted by atomic mass is 16.4. The molecule has 2 aliphatic rings. The molecule has 0 spiro atoms. The predicted molar refractivity (Wildman–Crippen MR) is 54.5 cm³/mol. The highest BCUT2D eigenvalue weighted by Gasteiger charge is 2.54. The lowest BCUT2D eigenvalue weighted by Gasteiger charge is -2.25. The van der Waals surface area contributed by atoms with Crippen LogP contribution >= 0.6 is 0 Å². The van der Waals surface area contributed by atoms with Gasteiger partial charge in [-0.2, -0.15) is 0 Å². The Kier molecular flexibility index (Phi) is 2.63. The Morgan fingerprint density at radius 1 is 1.44 bits per heavy atom. The van der Waals surface area contributed by atoms with Crippen LogP contribution in [0.2, 0.25) is 0 Å². The zero-order valence-electron chi connectivity index (χ0n) is 8.93. The van der Waals surface area contributed by atoms with E-state index in [9.17, 15) is 14.7 Å². The number of hydrogen-bond donors (Lipinski definition) is 3. The number of hydrogen-bond acceptors (Lipinski definition) is 4. The Hall–Kier alpha value is -1.14. The minimum atomic E-state index is -1.06. The van der Waals surface area contributed by atoms with Gasteiger partial charge < -0.3 is 20.8 Å². The van der Waals surface area contributed by atoms with Gasteiger partial charge in [0.25, 0.3) is 0 Å². The number of carbonyl (C=O) groups is 2. The highest BCUT2D eigenvalue weighted by molar-refractivity contribution is 5.90. The monoisotopic (exact) mass is 228 g/mol. The Bertz CT molecular complexity index is 327. The standard InChI is InChI=1S/C10H16N2O4/c11-5-10(1-2-10)9(16)12-4-6(13)3-7(12)8(14)15/h6-7,13H,1-5,11H2,(H,14,15)/t6-,7+/m1/s1. The number of β-amino-alcohol motifs (C(OH)–C–C–N with tert-alkyl or cyclic N) is 1. The van der Waals surface area contributed by atoms with Crippen molar-refractivity contribution in [1.82, 2.24) is 4.90 Å². The van der Waals surface area contributed by atoms with Gasteiger partial charge in [-0.05, 0) is 12.8 Å². The molecule has 1 saturated carbocycles. The maximum absolute atomic E-state index is 12.1. The molecule has 0 aromatic heterocycles. The van der Waals surface area contributed by atoms with Crippen LogP contribution in [0.1, 0.15) is 19.3 Å². The summed E-state index contributed by atoms with van der Waals surface area (Å²) in [6.07, 6.45) is 0.822. The Balaban J connectivity index is 2.13. The molecular weight excluding hydrogens is 212 g/mol. The van der Waals surface area contributed by atoms with Gasteiger partial charge in [0.15, 0.2) is 0 Å². The molecule has 6 heteroatoms. The molecule has 1 aliphatic heterocycles. The van der Waals surface area contributed by atoms with Gasteiger partial charge in [0, 0.05) is 19.5 Å². The van der Waals surface area contributed by atoms with Crippen molar-refractivity contribution in [2.45, 2.75) is 31.4 Å². The van der Waals surface area contributed by atoms with Crippen molar-refractivity contribution in [2.24, 2.45) is 11.1 Å². The molecule has 0 unspecified atom stereocenters. The summed E-state index contributed by atoms with van der Waals surface area (Å²) in [5.74, 6) is -1.27. The third-order valence-electron chi connectivity index (χ3n) is 3.52. The van der Waals surface area contributed by atoms with Crippen molar-refractivity contribution in [3.05, 3.63) is 0 Å². The van der Waals surface area contributed by atoms with Crippen LogP contribution in [-0.2, 0) is 9.59 Å². The Morgan fingerprint density at radius 3 is 2.50 bits per heavy atom. The van der Waals surface area contributed by atoms with Gasteiger partial charge in [-0.15, -0.1) is 0 Å². The van der Waals surface area contributed by atoms with Crippen molar-refractivity contribution < 1.29 is 19.8 Å². The van der Waals surface area contributed by atoms with Crippen molar-refractivity contribution in [3.63, 3.8) is 0 Å². The molecule has 1 amide bonds. The maximum atomic E-state index is 12.1. The lowest BCUT2D eigenvalue weighted by Crippen LogP contribution is -2.46. The molecule has 16 heavy (non-hydrogen) atoms. The Labute approximate surface area is 93.0 Å². The molecule has 0 bridgehead atoms. The van der Waals surface area contributed by atoms with E-state index in [-0.39, 0.29) is 25.4 Å². The molecule has 0 aromatic rings. The fourth-order valence-corrected chi connectivity index (χ4v) is 2.23. The van der Waals surface area contributed by atoms with Gasteiger partial charge >= 0.3 is 5.97 Å². The molecule has 1 saturated heterocycles. The van der Waals surface area contributed by atoms with Gasteiger partial charge in [-0.25, -0.2) is 4.79 Å². The SMILES string of the molecule is NCC1(C(=O)N2C[C@H](O)C[C@H]2C(=O)O)CC1. The first-order valence-corrected chi connectivity index (χ1v) is 5.42. The average molecular weight is 228 g/mol. The second-order valence-electron chi connectivity index (χ2n) is 4.69. The first-order chi connectivity index (χ1) is 7.50. The van der Waals surface area contributed by atoms with Crippen molar-refractivity contribution >= 4 is 11.9 Å². The molecule has 2 rings (SSSR count). The van der Waals surface area contributed by atoms with Gasteiger partial charge in [0.1, 0.15) is 6.04 Å². The van der Waals surface area contributed by atoms with E-state index in [1.807, 2.05) is 0 Å². The number of likely N-dealkylation sites (tertiary alicyclic amines) is 1. The first-order valence-electron chi connectivity index (χ1n) is 5.42. The van der Waals surface area contributed by atoms with E-state index < -0.39 is 23.5 Å². The van der Waals surface area contributed by atoms with Crippen molar-refractivity contribution in [2.75, 3.05) is 13.1 Å². The molecular formula is C10H16N2O4. The molecule has 1 aliphatic carbocycles. The Morgan fingerprint density at radius 2 is 2.06 bits per heavy atom. The summed E-state index contributed by atoms with van der Waals surface area (Å²) in [7, 11) is 0. The number of carboxylic acids is 1. The molecule has 0 aromatic carbocycles. The number of nitrogens with zero attached hydrogens (tertiary/aromatic N) is 1. The summed E-state index contributed by atoms with van der Waals surface area (Å²) in [5, 5.41) is 18.4. The van der Waals surface area contributed by atoms with Crippen LogP contribution in [0.5, 0.6) is 0 Å². The predicted octanol–water partition coefficient (Wildman–Crippen LogP) is -1.23. The molecule has 0 radical (unpaired) electrons. The van der Waals surface area contributed by atoms with E-state index in [0.29, 0.717) is 0 Å². The maximum Gasteiger partial charge on any atom is 0.326 e. The largest absolute Gasteiger partial charge is 0.480 e. The number of nitrogens with two attached hydrogens (primary N) is 1. The van der Waals surface area contributed by atoms with E-state index in [4.69, 9.17) is 10.8 Å². The molecule has 90 valence electrons. The fraction of sp³-hybridized carbons (Fsp3) is 0.800. The molecule has 6 nitrogen and oxygen atoms in total. The second kappa shape index (κ2) is 3.71. The van der Waals surface area contributed by atoms with Gasteiger partial charge in [-0.1, -0.05) is 0 Å². The number of carboxylic acid groups (broad SMARTS) is 1. The number of carbonyl (C=O) groups excluding carboxylic acids is 1. The smallest absolute Gasteiger partial charge is 0.326 e. The zero-order chi connectivity index (χ0) is 11.9. The number of amides is 1. The average Bonchev–Trinajstić information content (AvgIpc) is 2.94. The molecule has 2 atom stereocenters. The van der Waals surface area contributed by atoms with Gasteiger partial charge in [0.05, 0.1) is 11.5 Å². The van der Waals surface area contributed by atoms with Crippen LogP contribution < -0.4 is 5.73 Å². The number of aliphatic hydroxyl groups excluding tert-OH is 1. The summed E-state index contributed by atoms with van der Waals surface area (Å²) < 4.78 is 0. The second-order valence-corrected chi connectivity index (χ2v) is 4.69. The van der Waals surface area contributed by atoms with Crippen LogP contribution in [0.25, 0.3) is 0 Å². The van der Waals surface area contributed by atoms with Crippen LogP contribution in [0, 0.1) is 5.41 Å². The number of aliphatic hydroxyl groups is 1. The topological polar surface area (TPSA) is 104 Å². The van der Waals surface area contributed by atoms with E-state index in [0.717, 1.165) is 12.8 Å². The van der Waals surface area contributed by atoms with Crippen LogP contribution in [0.4, 0.5) is 0 Å². The van der Waals surface area contributed by atoms with Crippen LogP contribution in [-0.4, -0.2) is 52.2 Å². The van der Waals surface area contributed by atoms with Gasteiger partial charge in [-0.3, -0.25) is 4.79 Å². The third-order valence-corrected chi connectivity index (χ3v) is 3.52. The fourth-order valence-electron chi connectivity index (χ4n) is 2.23. The van der Waals surface area contributed by atoms with Crippen molar-refractivity contribution in [1.29, 1.82) is 0 Å². The van der Waals surface area contributed by atoms with Crippen molar-refractivity contribution in [3.8, 4) is 0 Å². The summed E-state index contributed by atoms with van der Waals surface area (Å²) in [6.45, 7) is 0.363. The number of rotatable bonds is 3. The lowest BCUT2D eigenvalue weighted by molar-refractivity contribution is -0.150. The number of aliphatic carboxylic acids is 1. The third kappa shape index (κ3) is 1.68. The van der Waals surface area contributed by atoms with Gasteiger partial charge in [0.2, 0.25) is 5.91 Å². The zero-order valence-corrected chi connectivity index (χ0v) is 8.93. The molecule has 4 N–H and O–H groups in total. The lowest BCUT2D eigenvalue weighted by atomic mass is 10.1. The summed E-state index contributed by atoms with van der Waals surface area (Å²) in [4.78, 5) is 24.3. The summed E-state index contributed by atoms with van der Waals surface area (Å²) in [6, 6.07) is -0.897. The van der Waals surface area contributed by atoms with Crippen LogP contribution in [0.15, 0.2) is 0 Å². The summed E-state index contributed by atoms with van der Waals surface area (Å²) in [5.41, 5.74) is 4.99. The quantitative estimate of drug-likeness (QED) is 0.561. The van der Waals surface area contributed by atoms with E-state index >= 15 is 0 Å². The molecule has 1 heterocycles. The van der Waals surface area contributed by atoms with E-state index in [2.05, 4.69) is 0 Å².